The predicted octanol–water partition coefficient (Wildman–Crippen LogP) is 1.07. The topological polar surface area (TPSA) is 145 Å². The number of aliphatic carboxylic acids is 1. The Morgan fingerprint density at radius 2 is 2.15 bits per heavy atom. The number of carboxylic acid groups (broad SMARTS) is 1. The van der Waals surface area contributed by atoms with E-state index in [1.54, 1.807) is 17.0 Å². The molecule has 1 unspecified atom stereocenters. The number of nitrogens with two attached hydrogens (primary N) is 2. The Kier molecular flexibility index (Phi) is 6.40. The van der Waals surface area contributed by atoms with E-state index in [1.165, 1.54) is 6.20 Å². The van der Waals surface area contributed by atoms with Crippen LogP contribution in [0.4, 0.5) is 11.8 Å². The van der Waals surface area contributed by atoms with Crippen molar-refractivity contribution in [1.29, 1.82) is 0 Å². The van der Waals surface area contributed by atoms with E-state index in [2.05, 4.69) is 9.97 Å². The van der Waals surface area contributed by atoms with E-state index in [4.69, 9.17) is 21.3 Å². The molecule has 0 aliphatic carbocycles. The van der Waals surface area contributed by atoms with Gasteiger partial charge < -0.3 is 26.2 Å². The number of hydrogen-bond donors (Lipinski definition) is 3. The van der Waals surface area contributed by atoms with Gasteiger partial charge in [-0.15, -0.1) is 12.4 Å². The SMILES string of the molecule is Cl.Nc1ncc(COc2cccc(CN3CC(C(=O)O)CC3=O)c2)c(N)n1. The fraction of sp³-hybridized carbons (Fsp3) is 0.294. The lowest BCUT2D eigenvalue weighted by molar-refractivity contribution is -0.141. The number of carbonyl (C=O) groups is 2. The van der Waals surface area contributed by atoms with Gasteiger partial charge in [0.15, 0.2) is 0 Å². The zero-order chi connectivity index (χ0) is 18.7. The Bertz CT molecular complexity index is 848. The minimum atomic E-state index is -0.943. The van der Waals surface area contributed by atoms with Crippen molar-refractivity contribution in [3.63, 3.8) is 0 Å². The first-order valence-corrected chi connectivity index (χ1v) is 8.01. The molecule has 1 aliphatic heterocycles. The first-order valence-electron chi connectivity index (χ1n) is 8.01. The molecule has 27 heavy (non-hydrogen) atoms. The molecule has 10 heteroatoms. The molecule has 2 heterocycles. The number of hydrogen-bond acceptors (Lipinski definition) is 7. The number of nitrogen functional groups attached to an aromatic ring is 2. The maximum Gasteiger partial charge on any atom is 0.308 e. The van der Waals surface area contributed by atoms with Crippen molar-refractivity contribution >= 4 is 36.0 Å². The summed E-state index contributed by atoms with van der Waals surface area (Å²) in [5.41, 5.74) is 12.7. The summed E-state index contributed by atoms with van der Waals surface area (Å²) in [6, 6.07) is 7.25. The highest BCUT2D eigenvalue weighted by Crippen LogP contribution is 2.22. The Labute approximate surface area is 161 Å². The molecular formula is C17H20ClN5O4. The molecule has 1 amide bonds. The summed E-state index contributed by atoms with van der Waals surface area (Å²) in [5, 5.41) is 9.05. The molecule has 0 spiro atoms. The van der Waals surface area contributed by atoms with Gasteiger partial charge in [0.25, 0.3) is 0 Å². The highest BCUT2D eigenvalue weighted by Gasteiger charge is 2.34. The molecule has 0 saturated carbocycles. The Hall–Kier alpha value is -3.07. The third kappa shape index (κ3) is 4.98. The maximum atomic E-state index is 11.9. The van der Waals surface area contributed by atoms with Crippen LogP contribution in [0.3, 0.4) is 0 Å². The molecule has 1 aromatic carbocycles. The number of anilines is 2. The van der Waals surface area contributed by atoms with Crippen LogP contribution < -0.4 is 16.2 Å². The van der Waals surface area contributed by atoms with E-state index in [-0.39, 0.29) is 49.7 Å². The van der Waals surface area contributed by atoms with E-state index in [1.807, 2.05) is 12.1 Å². The molecule has 1 fully saturated rings. The van der Waals surface area contributed by atoms with Gasteiger partial charge in [-0.05, 0) is 17.7 Å². The van der Waals surface area contributed by atoms with Crippen molar-refractivity contribution in [2.45, 2.75) is 19.6 Å². The number of ether oxygens (including phenoxy) is 1. The van der Waals surface area contributed by atoms with Crippen LogP contribution in [0.15, 0.2) is 30.5 Å². The van der Waals surface area contributed by atoms with Crippen molar-refractivity contribution in [3.05, 3.63) is 41.6 Å². The van der Waals surface area contributed by atoms with Crippen LogP contribution in [0.1, 0.15) is 17.5 Å². The average Bonchev–Trinajstić information content (AvgIpc) is 2.95. The highest BCUT2D eigenvalue weighted by atomic mass is 35.5. The van der Waals surface area contributed by atoms with Gasteiger partial charge in [-0.3, -0.25) is 9.59 Å². The molecule has 9 nitrogen and oxygen atoms in total. The van der Waals surface area contributed by atoms with Gasteiger partial charge in [0.05, 0.1) is 11.5 Å². The maximum absolute atomic E-state index is 11.9. The average molecular weight is 394 g/mol. The van der Waals surface area contributed by atoms with E-state index in [9.17, 15) is 9.59 Å². The summed E-state index contributed by atoms with van der Waals surface area (Å²) in [4.78, 5) is 32.3. The van der Waals surface area contributed by atoms with Crippen LogP contribution in [0.25, 0.3) is 0 Å². The monoisotopic (exact) mass is 393 g/mol. The van der Waals surface area contributed by atoms with Crippen LogP contribution in [0.2, 0.25) is 0 Å². The predicted molar refractivity (Wildman–Crippen MR) is 100 cm³/mol. The van der Waals surface area contributed by atoms with Gasteiger partial charge in [-0.1, -0.05) is 12.1 Å². The van der Waals surface area contributed by atoms with Crippen molar-refractivity contribution in [3.8, 4) is 5.75 Å². The molecule has 3 rings (SSSR count). The van der Waals surface area contributed by atoms with Crippen LogP contribution in [0.5, 0.6) is 5.75 Å². The van der Waals surface area contributed by atoms with Crippen LogP contribution in [-0.2, 0) is 22.7 Å². The summed E-state index contributed by atoms with van der Waals surface area (Å²) in [7, 11) is 0. The van der Waals surface area contributed by atoms with Crippen LogP contribution in [0, 0.1) is 5.92 Å². The summed E-state index contributed by atoms with van der Waals surface area (Å²) in [6.45, 7) is 0.741. The van der Waals surface area contributed by atoms with Crippen LogP contribution in [-0.4, -0.2) is 38.4 Å². The molecule has 144 valence electrons. The van der Waals surface area contributed by atoms with Crippen LogP contribution >= 0.6 is 12.4 Å². The van der Waals surface area contributed by atoms with Gasteiger partial charge in [0.2, 0.25) is 11.9 Å². The molecule has 1 atom stereocenters. The highest BCUT2D eigenvalue weighted by molar-refractivity contribution is 5.86. The zero-order valence-corrected chi connectivity index (χ0v) is 15.2. The summed E-state index contributed by atoms with van der Waals surface area (Å²) in [5.74, 6) is -0.786. The molecule has 1 saturated heterocycles. The number of halogens is 1. The van der Waals surface area contributed by atoms with Crippen molar-refractivity contribution in [2.75, 3.05) is 18.0 Å². The van der Waals surface area contributed by atoms with Gasteiger partial charge >= 0.3 is 5.97 Å². The van der Waals surface area contributed by atoms with Gasteiger partial charge in [0, 0.05) is 25.7 Å². The Morgan fingerprint density at radius 1 is 1.37 bits per heavy atom. The quantitative estimate of drug-likeness (QED) is 0.660. The third-order valence-electron chi connectivity index (χ3n) is 4.15. The largest absolute Gasteiger partial charge is 0.489 e. The normalized spacial score (nSPS) is 16.1. The summed E-state index contributed by atoms with van der Waals surface area (Å²) < 4.78 is 5.71. The number of carboxylic acids is 1. The number of likely N-dealkylation sites (tertiary alicyclic amines) is 1. The lowest BCUT2D eigenvalue weighted by Crippen LogP contribution is -2.25. The second-order valence-electron chi connectivity index (χ2n) is 6.09. The van der Waals surface area contributed by atoms with Gasteiger partial charge in [0.1, 0.15) is 18.2 Å². The molecule has 1 aromatic heterocycles. The number of rotatable bonds is 6. The van der Waals surface area contributed by atoms with E-state index < -0.39 is 11.9 Å². The summed E-state index contributed by atoms with van der Waals surface area (Å²) >= 11 is 0. The Balaban J connectivity index is 0.00000261. The van der Waals surface area contributed by atoms with Gasteiger partial charge in [-0.2, -0.15) is 4.98 Å². The number of aromatic nitrogens is 2. The molecule has 0 radical (unpaired) electrons. The number of benzene rings is 1. The lowest BCUT2D eigenvalue weighted by Gasteiger charge is -2.16. The summed E-state index contributed by atoms with van der Waals surface area (Å²) in [6.07, 6.45) is 1.55. The second kappa shape index (κ2) is 8.54. The molecular weight excluding hydrogens is 374 g/mol. The first kappa shape index (κ1) is 20.2. The van der Waals surface area contributed by atoms with E-state index in [0.717, 1.165) is 5.56 Å². The lowest BCUT2D eigenvalue weighted by atomic mass is 10.1. The second-order valence-corrected chi connectivity index (χ2v) is 6.09. The molecule has 2 aromatic rings. The fourth-order valence-corrected chi connectivity index (χ4v) is 2.75. The fourth-order valence-electron chi connectivity index (χ4n) is 2.75. The number of nitrogens with zero attached hydrogens (tertiary/aromatic N) is 3. The van der Waals surface area contributed by atoms with Gasteiger partial charge in [-0.25, -0.2) is 4.98 Å². The number of carbonyl (C=O) groups excluding carboxylic acids is 1. The minimum Gasteiger partial charge on any atom is -0.489 e. The smallest absolute Gasteiger partial charge is 0.308 e. The standard InChI is InChI=1S/C17H19N5O4.ClH/c18-15-12(6-20-17(19)21-15)9-26-13-3-1-2-10(4-13)7-22-8-11(16(24)25)5-14(22)23;/h1-4,6,11H,5,7-9H2,(H,24,25)(H4,18,19,20,21);1H. The molecule has 0 bridgehead atoms. The molecule has 5 N–H and O–H groups in total. The minimum absolute atomic E-state index is 0. The third-order valence-corrected chi connectivity index (χ3v) is 4.15. The van der Waals surface area contributed by atoms with E-state index in [0.29, 0.717) is 17.9 Å². The number of amides is 1. The first-order chi connectivity index (χ1) is 12.4. The van der Waals surface area contributed by atoms with Crippen molar-refractivity contribution < 1.29 is 19.4 Å². The van der Waals surface area contributed by atoms with E-state index >= 15 is 0 Å². The Morgan fingerprint density at radius 3 is 2.81 bits per heavy atom. The van der Waals surface area contributed by atoms with Crippen molar-refractivity contribution in [1.82, 2.24) is 14.9 Å². The molecule has 1 aliphatic rings. The zero-order valence-electron chi connectivity index (χ0n) is 14.4. The van der Waals surface area contributed by atoms with Crippen molar-refractivity contribution in [2.24, 2.45) is 5.92 Å².